The Morgan fingerprint density at radius 1 is 1.25 bits per heavy atom. The molecule has 5 N–H and O–H groups in total. The fraction of sp³-hybridized carbons (Fsp3) is 0.250. The van der Waals surface area contributed by atoms with E-state index in [0.29, 0.717) is 5.56 Å². The van der Waals surface area contributed by atoms with Gasteiger partial charge in [-0.3, -0.25) is 0 Å². The Morgan fingerprint density at radius 2 is 1.92 bits per heavy atom. The van der Waals surface area contributed by atoms with E-state index in [2.05, 4.69) is 0 Å². The molecular weight excluding hydrogens is 158 g/mol. The maximum Gasteiger partial charge on any atom is 0.157 e. The summed E-state index contributed by atoms with van der Waals surface area (Å²) in [5.74, 6) is -0.416. The summed E-state index contributed by atoms with van der Waals surface area (Å²) in [7, 11) is 0. The van der Waals surface area contributed by atoms with E-state index in [4.69, 9.17) is 21.1 Å². The normalized spacial score (nSPS) is 12.8. The zero-order chi connectivity index (χ0) is 9.14. The van der Waals surface area contributed by atoms with Crippen LogP contribution in [0.25, 0.3) is 0 Å². The minimum Gasteiger partial charge on any atom is -0.504 e. The number of hydrogen-bond acceptors (Lipinski definition) is 4. The number of rotatable bonds is 2. The molecule has 1 aromatic rings. The van der Waals surface area contributed by atoms with Crippen molar-refractivity contribution in [3.8, 4) is 11.5 Å². The molecule has 0 amide bonds. The van der Waals surface area contributed by atoms with Gasteiger partial charge in [-0.1, -0.05) is 6.07 Å². The van der Waals surface area contributed by atoms with Gasteiger partial charge in [0, 0.05) is 0 Å². The molecule has 0 aliphatic rings. The molecule has 0 bridgehead atoms. The first-order valence-electron chi connectivity index (χ1n) is 3.53. The summed E-state index contributed by atoms with van der Waals surface area (Å²) in [5, 5.41) is 26.7. The van der Waals surface area contributed by atoms with Crippen molar-refractivity contribution in [3.05, 3.63) is 23.8 Å². The van der Waals surface area contributed by atoms with Crippen LogP contribution in [0.1, 0.15) is 11.6 Å². The van der Waals surface area contributed by atoms with Crippen molar-refractivity contribution in [2.45, 2.75) is 6.04 Å². The first kappa shape index (κ1) is 8.83. The average Bonchev–Trinajstić information content (AvgIpc) is 2.08. The standard InChI is InChI=1S/C8H11NO3/c9-6(4-10)5-1-2-7(11)8(12)3-5/h1-3,6,10-12H,4,9H2/t6-/m0/s1. The molecule has 0 aliphatic heterocycles. The van der Waals surface area contributed by atoms with E-state index in [1.54, 1.807) is 6.07 Å². The van der Waals surface area contributed by atoms with Crippen molar-refractivity contribution < 1.29 is 15.3 Å². The molecule has 0 saturated heterocycles. The SMILES string of the molecule is N[C@@H](CO)c1ccc(O)c(O)c1. The highest BCUT2D eigenvalue weighted by Crippen LogP contribution is 2.26. The Labute approximate surface area is 69.9 Å². The van der Waals surface area contributed by atoms with Crippen molar-refractivity contribution in [1.29, 1.82) is 0 Å². The van der Waals surface area contributed by atoms with Crippen molar-refractivity contribution in [1.82, 2.24) is 0 Å². The summed E-state index contributed by atoms with van der Waals surface area (Å²) in [6.45, 7) is -0.190. The summed E-state index contributed by atoms with van der Waals surface area (Å²) in [6.07, 6.45) is 0. The van der Waals surface area contributed by atoms with Gasteiger partial charge >= 0.3 is 0 Å². The number of phenols is 2. The topological polar surface area (TPSA) is 86.7 Å². The van der Waals surface area contributed by atoms with Crippen LogP contribution in [-0.4, -0.2) is 21.9 Å². The number of aliphatic hydroxyl groups is 1. The highest BCUT2D eigenvalue weighted by atomic mass is 16.3. The molecule has 12 heavy (non-hydrogen) atoms. The predicted molar refractivity (Wildman–Crippen MR) is 43.8 cm³/mol. The molecule has 0 saturated carbocycles. The van der Waals surface area contributed by atoms with Crippen LogP contribution in [0.4, 0.5) is 0 Å². The lowest BCUT2D eigenvalue weighted by molar-refractivity contribution is 0.267. The first-order chi connectivity index (χ1) is 5.65. The van der Waals surface area contributed by atoms with Crippen LogP contribution in [0.15, 0.2) is 18.2 Å². The molecule has 0 radical (unpaired) electrons. The average molecular weight is 169 g/mol. The lowest BCUT2D eigenvalue weighted by Gasteiger charge is -2.08. The summed E-state index contributed by atoms with van der Waals surface area (Å²) in [6, 6.07) is 3.70. The molecule has 1 atom stereocenters. The third kappa shape index (κ3) is 1.66. The number of benzene rings is 1. The van der Waals surface area contributed by atoms with Crippen LogP contribution < -0.4 is 5.73 Å². The molecule has 1 rings (SSSR count). The molecule has 4 heteroatoms. The van der Waals surface area contributed by atoms with E-state index in [1.165, 1.54) is 12.1 Å². The van der Waals surface area contributed by atoms with E-state index in [1.807, 2.05) is 0 Å². The van der Waals surface area contributed by atoms with E-state index in [9.17, 15) is 0 Å². The molecule has 66 valence electrons. The fourth-order valence-electron chi connectivity index (χ4n) is 0.877. The van der Waals surface area contributed by atoms with Gasteiger partial charge in [0.15, 0.2) is 11.5 Å². The Balaban J connectivity index is 2.96. The molecule has 0 aliphatic carbocycles. The smallest absolute Gasteiger partial charge is 0.157 e. The van der Waals surface area contributed by atoms with Gasteiger partial charge in [-0.15, -0.1) is 0 Å². The first-order valence-corrected chi connectivity index (χ1v) is 3.53. The second-order valence-corrected chi connectivity index (χ2v) is 2.54. The van der Waals surface area contributed by atoms with Crippen molar-refractivity contribution >= 4 is 0 Å². The van der Waals surface area contributed by atoms with E-state index in [-0.39, 0.29) is 18.1 Å². The fourth-order valence-corrected chi connectivity index (χ4v) is 0.877. The maximum absolute atomic E-state index is 9.06. The quantitative estimate of drug-likeness (QED) is 0.472. The van der Waals surface area contributed by atoms with Gasteiger partial charge in [0.05, 0.1) is 12.6 Å². The Kier molecular flexibility index (Phi) is 2.52. The molecule has 0 fully saturated rings. The highest BCUT2D eigenvalue weighted by molar-refractivity contribution is 5.41. The number of hydrogen-bond donors (Lipinski definition) is 4. The Hall–Kier alpha value is -1.26. The zero-order valence-corrected chi connectivity index (χ0v) is 6.44. The Bertz CT molecular complexity index is 275. The number of aromatic hydroxyl groups is 2. The number of aliphatic hydroxyl groups excluding tert-OH is 1. The van der Waals surface area contributed by atoms with Crippen LogP contribution in [0.5, 0.6) is 11.5 Å². The Morgan fingerprint density at radius 3 is 2.42 bits per heavy atom. The van der Waals surface area contributed by atoms with Crippen LogP contribution in [0.2, 0.25) is 0 Å². The van der Waals surface area contributed by atoms with Gasteiger partial charge in [0.25, 0.3) is 0 Å². The monoisotopic (exact) mass is 169 g/mol. The van der Waals surface area contributed by atoms with Gasteiger partial charge < -0.3 is 21.1 Å². The van der Waals surface area contributed by atoms with Crippen LogP contribution >= 0.6 is 0 Å². The van der Waals surface area contributed by atoms with Gasteiger partial charge in [-0.2, -0.15) is 0 Å². The van der Waals surface area contributed by atoms with Gasteiger partial charge in [0.2, 0.25) is 0 Å². The summed E-state index contributed by atoms with van der Waals surface area (Å²) in [4.78, 5) is 0. The summed E-state index contributed by atoms with van der Waals surface area (Å²) < 4.78 is 0. The second-order valence-electron chi connectivity index (χ2n) is 2.54. The summed E-state index contributed by atoms with van der Waals surface area (Å²) >= 11 is 0. The molecule has 0 aromatic heterocycles. The zero-order valence-electron chi connectivity index (χ0n) is 6.44. The van der Waals surface area contributed by atoms with Gasteiger partial charge in [-0.05, 0) is 17.7 Å². The lowest BCUT2D eigenvalue weighted by Crippen LogP contribution is -2.13. The number of phenolic OH excluding ortho intramolecular Hbond substituents is 2. The lowest BCUT2D eigenvalue weighted by atomic mass is 10.1. The molecule has 0 unspecified atom stereocenters. The molecule has 0 spiro atoms. The van der Waals surface area contributed by atoms with E-state index < -0.39 is 6.04 Å². The molecule has 1 aromatic carbocycles. The van der Waals surface area contributed by atoms with Gasteiger partial charge in [-0.25, -0.2) is 0 Å². The van der Waals surface area contributed by atoms with Crippen LogP contribution in [0, 0.1) is 0 Å². The molecule has 4 nitrogen and oxygen atoms in total. The minimum atomic E-state index is -0.517. The van der Waals surface area contributed by atoms with Crippen LogP contribution in [0.3, 0.4) is 0 Å². The van der Waals surface area contributed by atoms with E-state index in [0.717, 1.165) is 0 Å². The van der Waals surface area contributed by atoms with Crippen molar-refractivity contribution in [3.63, 3.8) is 0 Å². The third-order valence-electron chi connectivity index (χ3n) is 1.62. The summed E-state index contributed by atoms with van der Waals surface area (Å²) in [5.41, 5.74) is 6.06. The number of nitrogens with two attached hydrogens (primary N) is 1. The second kappa shape index (κ2) is 3.42. The van der Waals surface area contributed by atoms with E-state index >= 15 is 0 Å². The molecule has 0 heterocycles. The van der Waals surface area contributed by atoms with Crippen molar-refractivity contribution in [2.24, 2.45) is 5.73 Å². The molecular formula is C8H11NO3. The predicted octanol–water partition coefficient (Wildman–Crippen LogP) is 0.0899. The highest BCUT2D eigenvalue weighted by Gasteiger charge is 2.06. The maximum atomic E-state index is 9.06. The minimum absolute atomic E-state index is 0.190. The van der Waals surface area contributed by atoms with Crippen molar-refractivity contribution in [2.75, 3.05) is 6.61 Å². The third-order valence-corrected chi connectivity index (χ3v) is 1.62. The van der Waals surface area contributed by atoms with Gasteiger partial charge in [0.1, 0.15) is 0 Å². The van der Waals surface area contributed by atoms with Crippen LogP contribution in [-0.2, 0) is 0 Å². The largest absolute Gasteiger partial charge is 0.504 e.